The van der Waals surface area contributed by atoms with Crippen molar-refractivity contribution in [3.05, 3.63) is 72.0 Å². The molecule has 0 saturated heterocycles. The average Bonchev–Trinajstić information content (AvgIpc) is 2.78. The molecule has 1 aromatic heterocycles. The minimum Gasteiger partial charge on any atom is -0.462 e. The largest absolute Gasteiger partial charge is 0.462 e. The van der Waals surface area contributed by atoms with E-state index in [1.165, 1.54) is 24.3 Å². The number of esters is 1. The van der Waals surface area contributed by atoms with E-state index in [1.807, 2.05) is 0 Å². The normalized spacial score (nSPS) is 11.1. The predicted octanol–water partition coefficient (Wildman–Crippen LogP) is 3.36. The molecule has 1 amide bonds. The second kappa shape index (κ2) is 10.3. The lowest BCUT2D eigenvalue weighted by Gasteiger charge is -2.10. The lowest BCUT2D eigenvalue weighted by Crippen LogP contribution is -2.17. The number of anilines is 1. The van der Waals surface area contributed by atoms with Gasteiger partial charge in [-0.25, -0.2) is 17.6 Å². The van der Waals surface area contributed by atoms with Crippen LogP contribution in [0.5, 0.6) is 0 Å². The first-order valence-corrected chi connectivity index (χ1v) is 11.8. The van der Waals surface area contributed by atoms with E-state index in [2.05, 4.69) is 15.5 Å². The second-order valence-electron chi connectivity index (χ2n) is 6.27. The maximum atomic E-state index is 13.3. The third-order valence-electron chi connectivity index (χ3n) is 4.04. The van der Waals surface area contributed by atoms with Gasteiger partial charge in [-0.1, -0.05) is 30.0 Å². The van der Waals surface area contributed by atoms with Crippen molar-refractivity contribution < 1.29 is 27.1 Å². The molecule has 0 aliphatic rings. The van der Waals surface area contributed by atoms with E-state index < -0.39 is 27.5 Å². The van der Waals surface area contributed by atoms with Gasteiger partial charge in [-0.15, -0.1) is 10.2 Å². The zero-order valence-corrected chi connectivity index (χ0v) is 18.5. The van der Waals surface area contributed by atoms with Crippen LogP contribution in [0.2, 0.25) is 0 Å². The van der Waals surface area contributed by atoms with Gasteiger partial charge in [0.1, 0.15) is 10.8 Å². The predicted molar refractivity (Wildman–Crippen MR) is 116 cm³/mol. The molecule has 1 heterocycles. The zero-order chi connectivity index (χ0) is 23.1. The Morgan fingerprint density at radius 2 is 1.84 bits per heavy atom. The molecule has 0 saturated carbocycles. The van der Waals surface area contributed by atoms with Crippen molar-refractivity contribution >= 4 is 39.2 Å². The number of hydrogen-bond donors (Lipinski definition) is 1. The molecule has 0 spiro atoms. The number of benzene rings is 2. The lowest BCUT2D eigenvalue weighted by atomic mass is 10.2. The Hall–Kier alpha value is -3.31. The van der Waals surface area contributed by atoms with Crippen LogP contribution in [0, 0.1) is 5.82 Å². The number of carbonyl (C=O) groups excluding carboxylic acids is 2. The van der Waals surface area contributed by atoms with E-state index in [1.54, 1.807) is 31.2 Å². The fourth-order valence-corrected chi connectivity index (χ4v) is 4.36. The molecule has 0 aliphatic heterocycles. The molecular formula is C21H18FN3O5S2. The van der Waals surface area contributed by atoms with Crippen molar-refractivity contribution in [2.24, 2.45) is 0 Å². The highest BCUT2D eigenvalue weighted by molar-refractivity contribution is 7.99. The van der Waals surface area contributed by atoms with Crippen LogP contribution in [0.3, 0.4) is 0 Å². The van der Waals surface area contributed by atoms with Crippen molar-refractivity contribution in [2.75, 3.05) is 17.7 Å². The first kappa shape index (κ1) is 23.4. The lowest BCUT2D eigenvalue weighted by molar-refractivity contribution is -0.113. The first-order chi connectivity index (χ1) is 15.3. The SMILES string of the molecule is CCOC(=O)c1ccccc1NC(=O)CSc1ccc(S(=O)(=O)c2cccc(F)c2)nn1. The highest BCUT2D eigenvalue weighted by Crippen LogP contribution is 2.22. The fraction of sp³-hybridized carbons (Fsp3) is 0.143. The minimum atomic E-state index is -4.01. The number of aromatic nitrogens is 2. The van der Waals surface area contributed by atoms with Crippen LogP contribution in [-0.4, -0.2) is 42.9 Å². The number of hydrogen-bond acceptors (Lipinski definition) is 8. The summed E-state index contributed by atoms with van der Waals surface area (Å²) in [4.78, 5) is 24.1. The smallest absolute Gasteiger partial charge is 0.340 e. The Labute approximate surface area is 188 Å². The molecular weight excluding hydrogens is 457 g/mol. The Morgan fingerprint density at radius 3 is 2.53 bits per heavy atom. The Bertz CT molecular complexity index is 1230. The summed E-state index contributed by atoms with van der Waals surface area (Å²) in [6.45, 7) is 1.89. The number of nitrogens with zero attached hydrogens (tertiary/aromatic N) is 2. The zero-order valence-electron chi connectivity index (χ0n) is 16.8. The standard InChI is InChI=1S/C21H18FN3O5S2/c1-2-30-21(27)16-8-3-4-9-17(16)23-18(26)13-31-19-10-11-20(25-24-19)32(28,29)15-7-5-6-14(22)12-15/h3-12H,2,13H2,1H3,(H,23,26). The van der Waals surface area contributed by atoms with Crippen LogP contribution in [0.15, 0.2) is 75.6 Å². The van der Waals surface area contributed by atoms with Crippen LogP contribution in [0.1, 0.15) is 17.3 Å². The van der Waals surface area contributed by atoms with Gasteiger partial charge in [-0.3, -0.25) is 4.79 Å². The summed E-state index contributed by atoms with van der Waals surface area (Å²) < 4.78 is 43.4. The molecule has 0 radical (unpaired) electrons. The maximum Gasteiger partial charge on any atom is 0.340 e. The van der Waals surface area contributed by atoms with Gasteiger partial charge in [0, 0.05) is 0 Å². The van der Waals surface area contributed by atoms with E-state index in [-0.39, 0.29) is 27.8 Å². The number of carbonyl (C=O) groups is 2. The van der Waals surface area contributed by atoms with Crippen molar-refractivity contribution in [1.29, 1.82) is 0 Å². The number of sulfone groups is 1. The van der Waals surface area contributed by atoms with E-state index in [0.717, 1.165) is 23.9 Å². The van der Waals surface area contributed by atoms with Crippen LogP contribution in [0.25, 0.3) is 0 Å². The van der Waals surface area contributed by atoms with Gasteiger partial charge in [0.25, 0.3) is 0 Å². The monoisotopic (exact) mass is 475 g/mol. The molecule has 166 valence electrons. The molecule has 0 fully saturated rings. The molecule has 3 rings (SSSR count). The van der Waals surface area contributed by atoms with Crippen LogP contribution in [-0.2, 0) is 19.4 Å². The van der Waals surface area contributed by atoms with Gasteiger partial charge in [-0.05, 0) is 49.4 Å². The highest BCUT2D eigenvalue weighted by atomic mass is 32.2. The number of halogens is 1. The third kappa shape index (κ3) is 5.68. The summed E-state index contributed by atoms with van der Waals surface area (Å²) >= 11 is 1.03. The highest BCUT2D eigenvalue weighted by Gasteiger charge is 2.21. The molecule has 0 bridgehead atoms. The van der Waals surface area contributed by atoms with E-state index in [4.69, 9.17) is 4.74 Å². The quantitative estimate of drug-likeness (QED) is 0.390. The van der Waals surface area contributed by atoms with Crippen molar-refractivity contribution in [3.8, 4) is 0 Å². The van der Waals surface area contributed by atoms with Gasteiger partial charge >= 0.3 is 5.97 Å². The van der Waals surface area contributed by atoms with Crippen molar-refractivity contribution in [3.63, 3.8) is 0 Å². The Morgan fingerprint density at radius 1 is 1.06 bits per heavy atom. The van der Waals surface area contributed by atoms with E-state index in [9.17, 15) is 22.4 Å². The van der Waals surface area contributed by atoms with Crippen molar-refractivity contribution in [2.45, 2.75) is 21.9 Å². The number of ether oxygens (including phenoxy) is 1. The van der Waals surface area contributed by atoms with Gasteiger partial charge < -0.3 is 10.1 Å². The van der Waals surface area contributed by atoms with Crippen LogP contribution in [0.4, 0.5) is 10.1 Å². The minimum absolute atomic E-state index is 0.0537. The molecule has 32 heavy (non-hydrogen) atoms. The van der Waals surface area contributed by atoms with E-state index >= 15 is 0 Å². The fourth-order valence-electron chi connectivity index (χ4n) is 2.59. The number of nitrogens with one attached hydrogen (secondary N) is 1. The molecule has 0 unspecified atom stereocenters. The third-order valence-corrected chi connectivity index (χ3v) is 6.61. The van der Waals surface area contributed by atoms with Gasteiger partial charge in [-0.2, -0.15) is 0 Å². The van der Waals surface area contributed by atoms with Gasteiger partial charge in [0.2, 0.25) is 15.7 Å². The summed E-state index contributed by atoms with van der Waals surface area (Å²) in [6, 6.07) is 13.7. The molecule has 1 N–H and O–H groups in total. The number of para-hydroxylation sites is 1. The first-order valence-electron chi connectivity index (χ1n) is 9.34. The Balaban J connectivity index is 1.64. The van der Waals surface area contributed by atoms with Crippen molar-refractivity contribution in [1.82, 2.24) is 10.2 Å². The molecule has 3 aromatic rings. The molecule has 0 aliphatic carbocycles. The number of amides is 1. The van der Waals surface area contributed by atoms with Crippen LogP contribution >= 0.6 is 11.8 Å². The summed E-state index contributed by atoms with van der Waals surface area (Å²) in [7, 11) is -4.01. The van der Waals surface area contributed by atoms with E-state index in [0.29, 0.717) is 10.7 Å². The van der Waals surface area contributed by atoms with Gasteiger partial charge in [0.15, 0.2) is 5.03 Å². The molecule has 0 atom stereocenters. The number of rotatable bonds is 8. The molecule has 11 heteroatoms. The molecule has 2 aromatic carbocycles. The average molecular weight is 476 g/mol. The summed E-state index contributed by atoms with van der Waals surface area (Å²) in [5, 5.41) is 10.2. The molecule has 8 nitrogen and oxygen atoms in total. The van der Waals surface area contributed by atoms with Crippen LogP contribution < -0.4 is 5.32 Å². The van der Waals surface area contributed by atoms with Gasteiger partial charge in [0.05, 0.1) is 28.5 Å². The summed E-state index contributed by atoms with van der Waals surface area (Å²) in [5.41, 5.74) is 0.554. The topological polar surface area (TPSA) is 115 Å². The second-order valence-corrected chi connectivity index (χ2v) is 9.17. The summed E-state index contributed by atoms with van der Waals surface area (Å²) in [6.07, 6.45) is 0. The number of thioether (sulfide) groups is 1. The maximum absolute atomic E-state index is 13.3. The Kier molecular flexibility index (Phi) is 7.54. The summed E-state index contributed by atoms with van der Waals surface area (Å²) in [5.74, 6) is -1.68.